The van der Waals surface area contributed by atoms with Crippen LogP contribution in [-0.2, 0) is 21.5 Å². The Kier molecular flexibility index (Phi) is 9.44. The average Bonchev–Trinajstić information content (AvgIpc) is 2.72. The van der Waals surface area contributed by atoms with Crippen LogP contribution in [0.2, 0.25) is 10.0 Å². The van der Waals surface area contributed by atoms with Gasteiger partial charge in [0.1, 0.15) is 11.8 Å². The van der Waals surface area contributed by atoms with E-state index < -0.39 is 11.6 Å². The summed E-state index contributed by atoms with van der Waals surface area (Å²) >= 11 is 12.3. The van der Waals surface area contributed by atoms with Crippen LogP contribution in [0.3, 0.4) is 0 Å². The van der Waals surface area contributed by atoms with E-state index >= 15 is 0 Å². The Bertz CT molecular complexity index is 1010. The van der Waals surface area contributed by atoms with Crippen molar-refractivity contribution in [2.24, 2.45) is 0 Å². The maximum absolute atomic E-state index is 13.5. The summed E-state index contributed by atoms with van der Waals surface area (Å²) in [6, 6.07) is 12.2. The number of carbonyl (C=O) groups excluding carboxylic acids is 2. The van der Waals surface area contributed by atoms with Crippen LogP contribution in [0, 0.1) is 0 Å². The Labute approximate surface area is 213 Å². The molecule has 2 aromatic carbocycles. The van der Waals surface area contributed by atoms with Crippen molar-refractivity contribution < 1.29 is 14.3 Å². The molecule has 0 aliphatic carbocycles. The maximum Gasteiger partial charge on any atom is 0.261 e. The molecule has 34 heavy (non-hydrogen) atoms. The minimum absolute atomic E-state index is 0.141. The number of rotatable bonds is 8. The van der Waals surface area contributed by atoms with E-state index in [2.05, 4.69) is 26.1 Å². The zero-order chi connectivity index (χ0) is 25.7. The third-order valence-corrected chi connectivity index (χ3v) is 6.01. The van der Waals surface area contributed by atoms with Crippen molar-refractivity contribution in [3.8, 4) is 5.75 Å². The lowest BCUT2D eigenvalue weighted by Crippen LogP contribution is -2.54. The number of carbonyl (C=O) groups is 2. The molecule has 2 aromatic rings. The van der Waals surface area contributed by atoms with Crippen LogP contribution < -0.4 is 10.1 Å². The van der Waals surface area contributed by atoms with Crippen molar-refractivity contribution in [3.63, 3.8) is 0 Å². The molecule has 0 aliphatic heterocycles. The van der Waals surface area contributed by atoms with E-state index in [1.807, 2.05) is 52.0 Å². The fourth-order valence-electron chi connectivity index (χ4n) is 3.64. The van der Waals surface area contributed by atoms with Crippen molar-refractivity contribution in [1.29, 1.82) is 0 Å². The van der Waals surface area contributed by atoms with Gasteiger partial charge < -0.3 is 15.0 Å². The third-order valence-electron chi connectivity index (χ3n) is 5.27. The molecule has 0 saturated heterocycles. The van der Waals surface area contributed by atoms with Gasteiger partial charge in [-0.05, 0) is 61.9 Å². The molecule has 0 heterocycles. The van der Waals surface area contributed by atoms with Crippen LogP contribution in [0.5, 0.6) is 5.75 Å². The van der Waals surface area contributed by atoms with E-state index in [-0.39, 0.29) is 30.4 Å². The van der Waals surface area contributed by atoms with Gasteiger partial charge in [0.15, 0.2) is 6.61 Å². The minimum Gasteiger partial charge on any atom is -0.483 e. The lowest BCUT2D eigenvalue weighted by molar-refractivity contribution is -0.143. The topological polar surface area (TPSA) is 58.6 Å². The zero-order valence-electron chi connectivity index (χ0n) is 21.2. The summed E-state index contributed by atoms with van der Waals surface area (Å²) in [5, 5.41) is 3.82. The van der Waals surface area contributed by atoms with Crippen molar-refractivity contribution >= 4 is 35.0 Å². The second kappa shape index (κ2) is 11.5. The van der Waals surface area contributed by atoms with Gasteiger partial charge >= 0.3 is 0 Å². The number of ether oxygens (including phenoxy) is 1. The number of benzene rings is 2. The normalized spacial score (nSPS) is 12.7. The Hall–Kier alpha value is -2.24. The van der Waals surface area contributed by atoms with E-state index in [1.165, 1.54) is 0 Å². The van der Waals surface area contributed by atoms with E-state index in [0.717, 1.165) is 11.1 Å². The molecule has 186 valence electrons. The first-order valence-electron chi connectivity index (χ1n) is 11.5. The summed E-state index contributed by atoms with van der Waals surface area (Å²) in [4.78, 5) is 28.1. The second-order valence-corrected chi connectivity index (χ2v) is 11.3. The standard InChI is InChI=1S/C27H36Cl2N2O3/c1-8-22(25(33)30-27(5,6)7)31(16-18-13-14-20(28)21(29)15-18)24(32)17-34-23-12-10-9-11-19(23)26(2,3)4/h9-15,22H,8,16-17H2,1-7H3,(H,30,33)/t22-/m1/s1. The number of hydrogen-bond acceptors (Lipinski definition) is 3. The van der Waals surface area contributed by atoms with Crippen LogP contribution in [0.4, 0.5) is 0 Å². The number of halogens is 2. The summed E-state index contributed by atoms with van der Waals surface area (Å²) in [6.07, 6.45) is 0.452. The third kappa shape index (κ3) is 7.92. The van der Waals surface area contributed by atoms with Gasteiger partial charge in [-0.15, -0.1) is 0 Å². The SMILES string of the molecule is CC[C@H](C(=O)NC(C)(C)C)N(Cc1ccc(Cl)c(Cl)c1)C(=O)COc1ccccc1C(C)(C)C. The summed E-state index contributed by atoms with van der Waals surface area (Å²) < 4.78 is 5.99. The summed E-state index contributed by atoms with van der Waals surface area (Å²) in [7, 11) is 0. The second-order valence-electron chi connectivity index (χ2n) is 10.5. The number of nitrogens with zero attached hydrogens (tertiary/aromatic N) is 1. The molecule has 0 fully saturated rings. The van der Waals surface area contributed by atoms with E-state index in [9.17, 15) is 9.59 Å². The van der Waals surface area contributed by atoms with Gasteiger partial charge in [-0.25, -0.2) is 0 Å². The van der Waals surface area contributed by atoms with E-state index in [1.54, 1.807) is 23.1 Å². The Morgan fingerprint density at radius 3 is 2.21 bits per heavy atom. The van der Waals surface area contributed by atoms with Crippen LogP contribution >= 0.6 is 23.2 Å². The quantitative estimate of drug-likeness (QED) is 0.450. The van der Waals surface area contributed by atoms with Gasteiger partial charge in [0.05, 0.1) is 10.0 Å². The highest BCUT2D eigenvalue weighted by molar-refractivity contribution is 6.42. The molecule has 0 aromatic heterocycles. The molecule has 2 rings (SSSR count). The van der Waals surface area contributed by atoms with Gasteiger partial charge in [-0.3, -0.25) is 9.59 Å². The summed E-state index contributed by atoms with van der Waals surface area (Å²) in [5.74, 6) is 0.161. The first-order valence-corrected chi connectivity index (χ1v) is 12.3. The zero-order valence-corrected chi connectivity index (χ0v) is 22.7. The molecular formula is C27H36Cl2N2O3. The molecular weight excluding hydrogens is 471 g/mol. The lowest BCUT2D eigenvalue weighted by Gasteiger charge is -2.33. The first-order chi connectivity index (χ1) is 15.7. The van der Waals surface area contributed by atoms with Crippen LogP contribution in [0.1, 0.15) is 66.0 Å². The molecule has 2 amide bonds. The molecule has 5 nitrogen and oxygen atoms in total. The molecule has 0 unspecified atom stereocenters. The van der Waals surface area contributed by atoms with E-state index in [0.29, 0.717) is 22.2 Å². The number of hydrogen-bond donors (Lipinski definition) is 1. The molecule has 1 N–H and O–H groups in total. The van der Waals surface area contributed by atoms with Crippen molar-refractivity contribution in [2.75, 3.05) is 6.61 Å². The Morgan fingerprint density at radius 1 is 1.00 bits per heavy atom. The largest absolute Gasteiger partial charge is 0.483 e. The Balaban J connectivity index is 2.33. The maximum atomic E-state index is 13.5. The highest BCUT2D eigenvalue weighted by Gasteiger charge is 2.31. The first kappa shape index (κ1) is 28.0. The fraction of sp³-hybridized carbons (Fsp3) is 0.481. The van der Waals surface area contributed by atoms with Crippen molar-refractivity contribution in [1.82, 2.24) is 10.2 Å². The number of nitrogens with one attached hydrogen (secondary N) is 1. The minimum atomic E-state index is -0.664. The van der Waals surface area contributed by atoms with Gasteiger partial charge in [-0.1, -0.05) is 75.2 Å². The number of amides is 2. The van der Waals surface area contributed by atoms with E-state index in [4.69, 9.17) is 27.9 Å². The van der Waals surface area contributed by atoms with Crippen molar-refractivity contribution in [2.45, 2.75) is 78.4 Å². The predicted octanol–water partition coefficient (Wildman–Crippen LogP) is 6.39. The van der Waals surface area contributed by atoms with Gasteiger partial charge in [0.25, 0.3) is 5.91 Å². The smallest absolute Gasteiger partial charge is 0.261 e. The van der Waals surface area contributed by atoms with Crippen molar-refractivity contribution in [3.05, 3.63) is 63.6 Å². The molecule has 1 atom stereocenters. The van der Waals surface area contributed by atoms with Gasteiger partial charge in [-0.2, -0.15) is 0 Å². The fourth-order valence-corrected chi connectivity index (χ4v) is 3.96. The molecule has 0 spiro atoms. The van der Waals surface area contributed by atoms with Gasteiger partial charge in [0.2, 0.25) is 5.91 Å². The average molecular weight is 508 g/mol. The predicted molar refractivity (Wildman–Crippen MR) is 140 cm³/mol. The van der Waals surface area contributed by atoms with Crippen LogP contribution in [0.15, 0.2) is 42.5 Å². The highest BCUT2D eigenvalue weighted by Crippen LogP contribution is 2.31. The summed E-state index contributed by atoms with van der Waals surface area (Å²) in [6.45, 7) is 13.9. The monoisotopic (exact) mass is 506 g/mol. The van der Waals surface area contributed by atoms with Gasteiger partial charge in [0, 0.05) is 12.1 Å². The highest BCUT2D eigenvalue weighted by atomic mass is 35.5. The lowest BCUT2D eigenvalue weighted by atomic mass is 9.86. The molecule has 7 heteroatoms. The molecule has 0 aliphatic rings. The molecule has 0 radical (unpaired) electrons. The number of para-hydroxylation sites is 1. The molecule has 0 bridgehead atoms. The van der Waals surface area contributed by atoms with Crippen LogP contribution in [0.25, 0.3) is 0 Å². The Morgan fingerprint density at radius 2 is 1.65 bits per heavy atom. The molecule has 0 saturated carbocycles. The van der Waals surface area contributed by atoms with Crippen LogP contribution in [-0.4, -0.2) is 34.9 Å². The summed E-state index contributed by atoms with van der Waals surface area (Å²) in [5.41, 5.74) is 1.22.